The number of hydrogen-bond acceptors (Lipinski definition) is 3. The van der Waals surface area contributed by atoms with Crippen molar-refractivity contribution in [3.8, 4) is 0 Å². The van der Waals surface area contributed by atoms with E-state index < -0.39 is 0 Å². The maximum Gasteiger partial charge on any atom is 0.240 e. The molecule has 1 unspecified atom stereocenters. The van der Waals surface area contributed by atoms with Crippen molar-refractivity contribution in [2.75, 3.05) is 38.6 Å². The summed E-state index contributed by atoms with van der Waals surface area (Å²) in [6.45, 7) is 1.93. The van der Waals surface area contributed by atoms with Crippen molar-refractivity contribution in [2.45, 2.75) is 18.9 Å². The third-order valence-corrected chi connectivity index (χ3v) is 4.83. The van der Waals surface area contributed by atoms with Crippen LogP contribution in [0.5, 0.6) is 0 Å². The monoisotopic (exact) mass is 337 g/mol. The zero-order valence-electron chi connectivity index (χ0n) is 15.1. The number of carbonyl (C=O) groups excluding carboxylic acids is 1. The Hall–Kier alpha value is -2.17. The Labute approximate surface area is 150 Å². The highest BCUT2D eigenvalue weighted by molar-refractivity contribution is 5.95. The molecule has 1 aliphatic rings. The summed E-state index contributed by atoms with van der Waals surface area (Å²) < 4.78 is 0. The number of anilines is 1. The number of nitrogens with zero attached hydrogens (tertiary/aromatic N) is 2. The number of para-hydroxylation sites is 1. The summed E-state index contributed by atoms with van der Waals surface area (Å²) in [6.07, 6.45) is 2.09. The zero-order valence-corrected chi connectivity index (χ0v) is 15.1. The van der Waals surface area contributed by atoms with E-state index in [2.05, 4.69) is 60.7 Å². The van der Waals surface area contributed by atoms with Gasteiger partial charge in [-0.1, -0.05) is 48.5 Å². The van der Waals surface area contributed by atoms with Crippen LogP contribution >= 0.6 is 0 Å². The van der Waals surface area contributed by atoms with Gasteiger partial charge in [-0.25, -0.2) is 0 Å². The summed E-state index contributed by atoms with van der Waals surface area (Å²) >= 11 is 0. The molecule has 0 radical (unpaired) electrons. The summed E-state index contributed by atoms with van der Waals surface area (Å²) in [7, 11) is 4.14. The van der Waals surface area contributed by atoms with Crippen LogP contribution in [-0.2, 0) is 11.2 Å². The summed E-state index contributed by atoms with van der Waals surface area (Å²) in [6, 6.07) is 18.9. The Morgan fingerprint density at radius 2 is 1.84 bits per heavy atom. The number of amides is 1. The molecule has 0 fully saturated rings. The maximum absolute atomic E-state index is 12.7. The number of nitrogens with one attached hydrogen (secondary N) is 1. The van der Waals surface area contributed by atoms with Gasteiger partial charge in [0.05, 0.1) is 6.54 Å². The van der Waals surface area contributed by atoms with Crippen LogP contribution < -0.4 is 10.2 Å². The summed E-state index contributed by atoms with van der Waals surface area (Å²) in [4.78, 5) is 16.8. The van der Waals surface area contributed by atoms with Gasteiger partial charge in [0, 0.05) is 24.8 Å². The van der Waals surface area contributed by atoms with E-state index in [0.717, 1.165) is 31.6 Å². The van der Waals surface area contributed by atoms with Crippen molar-refractivity contribution in [3.05, 3.63) is 65.7 Å². The van der Waals surface area contributed by atoms with Gasteiger partial charge in [-0.3, -0.25) is 4.79 Å². The number of carbonyl (C=O) groups is 1. The molecule has 3 rings (SSSR count). The van der Waals surface area contributed by atoms with E-state index in [1.807, 2.05) is 23.1 Å². The van der Waals surface area contributed by atoms with Crippen molar-refractivity contribution < 1.29 is 4.79 Å². The van der Waals surface area contributed by atoms with Gasteiger partial charge in [0.25, 0.3) is 0 Å². The molecule has 1 aliphatic heterocycles. The molecule has 4 heteroatoms. The van der Waals surface area contributed by atoms with Crippen molar-refractivity contribution in [1.29, 1.82) is 0 Å². The van der Waals surface area contributed by atoms with Crippen LogP contribution in [0.4, 0.5) is 5.69 Å². The predicted molar refractivity (Wildman–Crippen MR) is 103 cm³/mol. The molecular formula is C21H27N3O. The van der Waals surface area contributed by atoms with Gasteiger partial charge in [0.15, 0.2) is 0 Å². The largest absolute Gasteiger partial charge is 0.311 e. The first-order valence-electron chi connectivity index (χ1n) is 8.97. The maximum atomic E-state index is 12.7. The van der Waals surface area contributed by atoms with Gasteiger partial charge >= 0.3 is 0 Å². The minimum Gasteiger partial charge on any atom is -0.311 e. The third-order valence-electron chi connectivity index (χ3n) is 4.83. The minimum atomic E-state index is 0.151. The van der Waals surface area contributed by atoms with Crippen molar-refractivity contribution >= 4 is 11.6 Å². The first-order chi connectivity index (χ1) is 12.2. The second-order valence-corrected chi connectivity index (χ2v) is 6.80. The lowest BCUT2D eigenvalue weighted by molar-refractivity contribution is -0.117. The van der Waals surface area contributed by atoms with E-state index in [1.165, 1.54) is 11.1 Å². The molecule has 25 heavy (non-hydrogen) atoms. The lowest BCUT2D eigenvalue weighted by Crippen LogP contribution is -2.42. The Balaban J connectivity index is 1.59. The van der Waals surface area contributed by atoms with Crippen molar-refractivity contribution in [1.82, 2.24) is 10.2 Å². The highest BCUT2D eigenvalue weighted by Crippen LogP contribution is 2.26. The number of aryl methyl sites for hydroxylation is 1. The zero-order chi connectivity index (χ0) is 17.6. The standard InChI is InChI=1S/C21H27N3O/c1-23(2)20(18-9-4-3-5-10-18)15-22-16-21(25)24-14-8-12-17-11-6-7-13-19(17)24/h3-7,9-11,13,20,22H,8,12,14-16H2,1-2H3. The van der Waals surface area contributed by atoms with E-state index >= 15 is 0 Å². The molecule has 0 bridgehead atoms. The Bertz CT molecular complexity index is 699. The number of rotatable bonds is 6. The molecule has 0 aromatic heterocycles. The lowest BCUT2D eigenvalue weighted by atomic mass is 10.0. The molecule has 2 aromatic rings. The molecule has 0 saturated carbocycles. The third kappa shape index (κ3) is 4.27. The van der Waals surface area contributed by atoms with Gasteiger partial charge in [-0.15, -0.1) is 0 Å². The quantitative estimate of drug-likeness (QED) is 0.880. The second kappa shape index (κ2) is 8.28. The van der Waals surface area contributed by atoms with Crippen LogP contribution in [0, 0.1) is 0 Å². The molecule has 1 amide bonds. The fourth-order valence-corrected chi connectivity index (χ4v) is 3.48. The van der Waals surface area contributed by atoms with E-state index in [1.54, 1.807) is 0 Å². The van der Waals surface area contributed by atoms with Gasteiger partial charge in [0.1, 0.15) is 0 Å². The number of benzene rings is 2. The van der Waals surface area contributed by atoms with Crippen LogP contribution in [0.3, 0.4) is 0 Å². The highest BCUT2D eigenvalue weighted by Gasteiger charge is 2.22. The van der Waals surface area contributed by atoms with E-state index in [9.17, 15) is 4.79 Å². The van der Waals surface area contributed by atoms with E-state index in [0.29, 0.717) is 6.54 Å². The van der Waals surface area contributed by atoms with Gasteiger partial charge in [-0.05, 0) is 44.1 Å². The molecule has 0 saturated heterocycles. The number of hydrogen-bond donors (Lipinski definition) is 1. The molecule has 2 aromatic carbocycles. The smallest absolute Gasteiger partial charge is 0.240 e. The first kappa shape index (κ1) is 17.6. The highest BCUT2D eigenvalue weighted by atomic mass is 16.2. The van der Waals surface area contributed by atoms with E-state index in [4.69, 9.17) is 0 Å². The van der Waals surface area contributed by atoms with E-state index in [-0.39, 0.29) is 11.9 Å². The summed E-state index contributed by atoms with van der Waals surface area (Å²) in [5, 5.41) is 3.36. The molecular weight excluding hydrogens is 310 g/mol. The van der Waals surface area contributed by atoms with Crippen LogP contribution in [0.2, 0.25) is 0 Å². The molecule has 0 spiro atoms. The Morgan fingerprint density at radius 3 is 2.60 bits per heavy atom. The minimum absolute atomic E-state index is 0.151. The Kier molecular flexibility index (Phi) is 5.84. The summed E-state index contributed by atoms with van der Waals surface area (Å²) in [5.74, 6) is 0.151. The lowest BCUT2D eigenvalue weighted by Gasteiger charge is -2.30. The molecule has 1 heterocycles. The fraction of sp³-hybridized carbons (Fsp3) is 0.381. The molecule has 0 aliphatic carbocycles. The predicted octanol–water partition coefficient (Wildman–Crippen LogP) is 2.86. The topological polar surface area (TPSA) is 35.6 Å². The summed E-state index contributed by atoms with van der Waals surface area (Å²) in [5.41, 5.74) is 3.61. The van der Waals surface area contributed by atoms with Gasteiger partial charge in [-0.2, -0.15) is 0 Å². The Morgan fingerprint density at radius 1 is 1.12 bits per heavy atom. The second-order valence-electron chi connectivity index (χ2n) is 6.80. The number of likely N-dealkylation sites (N-methyl/N-ethyl adjacent to an activating group) is 1. The van der Waals surface area contributed by atoms with Crippen molar-refractivity contribution in [3.63, 3.8) is 0 Å². The number of fused-ring (bicyclic) bond motifs is 1. The van der Waals surface area contributed by atoms with Crippen LogP contribution in [0.25, 0.3) is 0 Å². The van der Waals surface area contributed by atoms with Crippen molar-refractivity contribution in [2.24, 2.45) is 0 Å². The SMILES string of the molecule is CN(C)C(CNCC(=O)N1CCCc2ccccc21)c1ccccc1. The average molecular weight is 337 g/mol. The first-order valence-corrected chi connectivity index (χ1v) is 8.97. The fourth-order valence-electron chi connectivity index (χ4n) is 3.48. The normalized spacial score (nSPS) is 15.1. The molecule has 132 valence electrons. The van der Waals surface area contributed by atoms with Crippen LogP contribution in [-0.4, -0.2) is 44.5 Å². The van der Waals surface area contributed by atoms with Crippen LogP contribution in [0.15, 0.2) is 54.6 Å². The van der Waals surface area contributed by atoms with Gasteiger partial charge < -0.3 is 15.1 Å². The molecule has 1 atom stereocenters. The molecule has 1 N–H and O–H groups in total. The van der Waals surface area contributed by atoms with Gasteiger partial charge in [0.2, 0.25) is 5.91 Å². The van der Waals surface area contributed by atoms with Crippen LogP contribution in [0.1, 0.15) is 23.6 Å². The molecule has 4 nitrogen and oxygen atoms in total. The average Bonchev–Trinajstić information content (AvgIpc) is 2.65.